The highest BCUT2D eigenvalue weighted by Crippen LogP contribution is 2.38. The highest BCUT2D eigenvalue weighted by molar-refractivity contribution is 5.87. The van der Waals surface area contributed by atoms with Crippen LogP contribution in [0.5, 0.6) is 5.75 Å². The number of methoxy groups -OCH3 is 1. The van der Waals surface area contributed by atoms with Gasteiger partial charge in [-0.3, -0.25) is 0 Å². The van der Waals surface area contributed by atoms with Gasteiger partial charge in [0.2, 0.25) is 0 Å². The van der Waals surface area contributed by atoms with Crippen molar-refractivity contribution in [2.45, 2.75) is 25.7 Å². The normalized spacial score (nSPS) is 13.8. The monoisotopic (exact) mass is 268 g/mol. The van der Waals surface area contributed by atoms with Crippen LogP contribution in [0.1, 0.15) is 24.0 Å². The Balaban J connectivity index is 2.10. The summed E-state index contributed by atoms with van der Waals surface area (Å²) in [6.45, 7) is 0. The van der Waals surface area contributed by atoms with Crippen molar-refractivity contribution in [3.63, 3.8) is 0 Å². The van der Waals surface area contributed by atoms with Crippen LogP contribution < -0.4 is 16.2 Å². The van der Waals surface area contributed by atoms with E-state index in [0.29, 0.717) is 5.69 Å². The lowest BCUT2D eigenvalue weighted by Crippen LogP contribution is -2.10. The first kappa shape index (κ1) is 12.9. The Kier molecular flexibility index (Phi) is 3.26. The molecule has 2 aromatic rings. The van der Waals surface area contributed by atoms with E-state index < -0.39 is 0 Å². The van der Waals surface area contributed by atoms with Crippen molar-refractivity contribution >= 4 is 11.4 Å². The van der Waals surface area contributed by atoms with E-state index in [1.807, 2.05) is 24.3 Å². The Hall–Kier alpha value is -2.16. The third-order valence-electron chi connectivity index (χ3n) is 4.14. The molecule has 0 aliphatic heterocycles. The third-order valence-corrected chi connectivity index (χ3v) is 4.14. The number of benzene rings is 2. The van der Waals surface area contributed by atoms with Crippen molar-refractivity contribution in [1.29, 1.82) is 0 Å². The molecule has 3 nitrogen and oxygen atoms in total. The molecule has 0 spiro atoms. The molecule has 1 aliphatic rings. The molecule has 0 aromatic heterocycles. The summed E-state index contributed by atoms with van der Waals surface area (Å²) < 4.78 is 5.19. The lowest BCUT2D eigenvalue weighted by atomic mass is 9.86. The van der Waals surface area contributed by atoms with Gasteiger partial charge in [0.1, 0.15) is 5.75 Å². The van der Waals surface area contributed by atoms with Crippen LogP contribution in [-0.4, -0.2) is 7.11 Å². The molecule has 0 radical (unpaired) electrons. The van der Waals surface area contributed by atoms with E-state index in [1.165, 1.54) is 24.0 Å². The molecule has 20 heavy (non-hydrogen) atoms. The number of ether oxygens (including phenoxy) is 1. The second kappa shape index (κ2) is 5.08. The number of aryl methyl sites for hydroxylation is 1. The molecular weight excluding hydrogens is 248 g/mol. The van der Waals surface area contributed by atoms with Crippen molar-refractivity contribution in [1.82, 2.24) is 0 Å². The van der Waals surface area contributed by atoms with E-state index in [4.69, 9.17) is 16.2 Å². The Labute approximate surface area is 119 Å². The third kappa shape index (κ3) is 2.09. The molecule has 3 heteroatoms. The van der Waals surface area contributed by atoms with Crippen LogP contribution in [-0.2, 0) is 12.8 Å². The van der Waals surface area contributed by atoms with E-state index in [9.17, 15) is 0 Å². The van der Waals surface area contributed by atoms with Gasteiger partial charge in [0.05, 0.1) is 18.5 Å². The maximum atomic E-state index is 6.25. The van der Waals surface area contributed by atoms with Crippen LogP contribution in [0.2, 0.25) is 0 Å². The van der Waals surface area contributed by atoms with Crippen molar-refractivity contribution in [2.24, 2.45) is 0 Å². The average Bonchev–Trinajstić information content (AvgIpc) is 2.51. The smallest absolute Gasteiger partial charge is 0.118 e. The van der Waals surface area contributed by atoms with Crippen molar-refractivity contribution in [3.05, 3.63) is 41.5 Å². The van der Waals surface area contributed by atoms with Crippen molar-refractivity contribution in [2.75, 3.05) is 18.6 Å². The zero-order valence-electron chi connectivity index (χ0n) is 11.8. The fraction of sp³-hybridized carbons (Fsp3) is 0.294. The molecule has 0 saturated heterocycles. The standard InChI is InChI=1S/C17H20N2O/c1-20-13-8-6-11(7-9-13)15-10-12-4-2-3-5-14(12)16(18)17(15)19/h6-10H,2-5,18-19H2,1H3. The largest absolute Gasteiger partial charge is 0.497 e. The molecule has 3 rings (SSSR count). The highest BCUT2D eigenvalue weighted by atomic mass is 16.5. The van der Waals surface area contributed by atoms with Gasteiger partial charge in [-0.2, -0.15) is 0 Å². The van der Waals surface area contributed by atoms with Gasteiger partial charge in [-0.05, 0) is 60.6 Å². The summed E-state index contributed by atoms with van der Waals surface area (Å²) in [7, 11) is 1.67. The molecule has 0 saturated carbocycles. The summed E-state index contributed by atoms with van der Waals surface area (Å²) in [5, 5.41) is 0. The van der Waals surface area contributed by atoms with Crippen LogP contribution in [0, 0.1) is 0 Å². The van der Waals surface area contributed by atoms with Gasteiger partial charge >= 0.3 is 0 Å². The molecule has 0 heterocycles. The summed E-state index contributed by atoms with van der Waals surface area (Å²) in [6.07, 6.45) is 4.59. The van der Waals surface area contributed by atoms with E-state index >= 15 is 0 Å². The summed E-state index contributed by atoms with van der Waals surface area (Å²) in [5.74, 6) is 0.846. The van der Waals surface area contributed by atoms with Crippen LogP contribution in [0.3, 0.4) is 0 Å². The van der Waals surface area contributed by atoms with Crippen LogP contribution in [0.15, 0.2) is 30.3 Å². The first-order chi connectivity index (χ1) is 9.70. The van der Waals surface area contributed by atoms with Gasteiger partial charge in [0.15, 0.2) is 0 Å². The summed E-state index contributed by atoms with van der Waals surface area (Å²) >= 11 is 0. The minimum Gasteiger partial charge on any atom is -0.497 e. The maximum absolute atomic E-state index is 6.25. The number of fused-ring (bicyclic) bond motifs is 1. The molecule has 0 amide bonds. The fourth-order valence-corrected chi connectivity index (χ4v) is 2.96. The second-order valence-electron chi connectivity index (χ2n) is 5.32. The molecule has 0 fully saturated rings. The molecule has 4 N–H and O–H groups in total. The summed E-state index contributed by atoms with van der Waals surface area (Å²) in [4.78, 5) is 0. The maximum Gasteiger partial charge on any atom is 0.118 e. The van der Waals surface area contributed by atoms with Crippen LogP contribution in [0.4, 0.5) is 11.4 Å². The van der Waals surface area contributed by atoms with E-state index in [1.54, 1.807) is 7.11 Å². The molecule has 0 unspecified atom stereocenters. The predicted molar refractivity (Wildman–Crippen MR) is 83.9 cm³/mol. The summed E-state index contributed by atoms with van der Waals surface area (Å²) in [6, 6.07) is 10.2. The molecular formula is C17H20N2O. The SMILES string of the molecule is COc1ccc(-c2cc3c(c(N)c2N)CCCC3)cc1. The predicted octanol–water partition coefficient (Wildman–Crippen LogP) is 3.41. The fourth-order valence-electron chi connectivity index (χ4n) is 2.96. The van der Waals surface area contributed by atoms with Gasteiger partial charge in [-0.15, -0.1) is 0 Å². The minimum absolute atomic E-state index is 0.704. The topological polar surface area (TPSA) is 61.3 Å². The van der Waals surface area contributed by atoms with Crippen LogP contribution >= 0.6 is 0 Å². The Morgan fingerprint density at radius 1 is 0.950 bits per heavy atom. The molecule has 2 aromatic carbocycles. The highest BCUT2D eigenvalue weighted by Gasteiger charge is 2.17. The Morgan fingerprint density at radius 3 is 2.35 bits per heavy atom. The zero-order valence-corrected chi connectivity index (χ0v) is 11.8. The molecule has 0 atom stereocenters. The van der Waals surface area contributed by atoms with Gasteiger partial charge in [-0.25, -0.2) is 0 Å². The lowest BCUT2D eigenvalue weighted by Gasteiger charge is -2.21. The average molecular weight is 268 g/mol. The van der Waals surface area contributed by atoms with Crippen molar-refractivity contribution in [3.8, 4) is 16.9 Å². The summed E-state index contributed by atoms with van der Waals surface area (Å²) in [5.41, 5.74) is 18.7. The number of nitrogen functional groups attached to an aromatic ring is 2. The van der Waals surface area contributed by atoms with E-state index in [0.717, 1.165) is 35.4 Å². The first-order valence-electron chi connectivity index (χ1n) is 7.05. The van der Waals surface area contributed by atoms with Crippen LogP contribution in [0.25, 0.3) is 11.1 Å². The van der Waals surface area contributed by atoms with Gasteiger partial charge in [0.25, 0.3) is 0 Å². The Bertz CT molecular complexity index is 632. The van der Waals surface area contributed by atoms with E-state index in [-0.39, 0.29) is 0 Å². The van der Waals surface area contributed by atoms with Crippen molar-refractivity contribution < 1.29 is 4.74 Å². The van der Waals surface area contributed by atoms with Gasteiger partial charge in [0, 0.05) is 5.56 Å². The van der Waals surface area contributed by atoms with E-state index in [2.05, 4.69) is 6.07 Å². The Morgan fingerprint density at radius 2 is 1.65 bits per heavy atom. The second-order valence-corrected chi connectivity index (χ2v) is 5.32. The zero-order chi connectivity index (χ0) is 14.1. The first-order valence-corrected chi connectivity index (χ1v) is 7.05. The quantitative estimate of drug-likeness (QED) is 0.820. The van der Waals surface area contributed by atoms with Gasteiger partial charge < -0.3 is 16.2 Å². The molecule has 1 aliphatic carbocycles. The lowest BCUT2D eigenvalue weighted by molar-refractivity contribution is 0.415. The molecule has 0 bridgehead atoms. The number of hydrogen-bond donors (Lipinski definition) is 2. The minimum atomic E-state index is 0.704. The number of hydrogen-bond acceptors (Lipinski definition) is 3. The number of rotatable bonds is 2. The number of nitrogens with two attached hydrogens (primary N) is 2. The van der Waals surface area contributed by atoms with Gasteiger partial charge in [-0.1, -0.05) is 12.1 Å². The molecule has 104 valence electrons. The number of anilines is 2.